The molecule has 0 aliphatic carbocycles. The first kappa shape index (κ1) is 12.9. The number of ether oxygens (including phenoxy) is 1. The van der Waals surface area contributed by atoms with E-state index in [1.807, 2.05) is 6.07 Å². The molecule has 1 aromatic heterocycles. The van der Waals surface area contributed by atoms with E-state index in [1.165, 1.54) is 0 Å². The largest absolute Gasteiger partial charge is 0.383 e. The molecule has 0 saturated heterocycles. The molecule has 4 nitrogen and oxygen atoms in total. The fourth-order valence-electron chi connectivity index (χ4n) is 1.52. The van der Waals surface area contributed by atoms with E-state index >= 15 is 0 Å². The van der Waals surface area contributed by atoms with Gasteiger partial charge in [-0.1, -0.05) is 13.3 Å². The molecule has 0 radical (unpaired) electrons. The Morgan fingerprint density at radius 3 is 2.88 bits per heavy atom. The van der Waals surface area contributed by atoms with Crippen LogP contribution in [0.5, 0.6) is 0 Å². The number of nitrogens with two attached hydrogens (primary N) is 1. The lowest BCUT2D eigenvalue weighted by atomic mass is 10.1. The van der Waals surface area contributed by atoms with Gasteiger partial charge in [-0.2, -0.15) is 0 Å². The quantitative estimate of drug-likeness (QED) is 0.689. The predicted molar refractivity (Wildman–Crippen MR) is 66.5 cm³/mol. The first-order chi connectivity index (χ1) is 7.80. The van der Waals surface area contributed by atoms with Crippen molar-refractivity contribution in [1.82, 2.24) is 4.98 Å². The van der Waals surface area contributed by atoms with Gasteiger partial charge in [0.05, 0.1) is 6.61 Å². The van der Waals surface area contributed by atoms with Crippen molar-refractivity contribution in [2.24, 2.45) is 5.73 Å². The summed E-state index contributed by atoms with van der Waals surface area (Å²) in [4.78, 5) is 4.52. The maximum atomic E-state index is 5.66. The minimum absolute atomic E-state index is 0.554. The molecule has 0 atom stereocenters. The van der Waals surface area contributed by atoms with E-state index in [2.05, 4.69) is 23.3 Å². The van der Waals surface area contributed by atoms with Gasteiger partial charge in [0.2, 0.25) is 0 Å². The van der Waals surface area contributed by atoms with Crippen LogP contribution in [0.1, 0.15) is 24.6 Å². The molecule has 4 heteroatoms. The van der Waals surface area contributed by atoms with Crippen LogP contribution in [0.4, 0.5) is 5.82 Å². The predicted octanol–water partition coefficient (Wildman–Crippen LogP) is 1.55. The molecule has 1 rings (SSSR count). The van der Waals surface area contributed by atoms with Crippen LogP contribution in [-0.4, -0.2) is 25.2 Å². The third kappa shape index (κ3) is 4.16. The van der Waals surface area contributed by atoms with Crippen molar-refractivity contribution >= 4 is 5.82 Å². The molecule has 90 valence electrons. The monoisotopic (exact) mass is 223 g/mol. The van der Waals surface area contributed by atoms with Gasteiger partial charge in [-0.05, 0) is 24.1 Å². The second kappa shape index (κ2) is 7.19. The molecule has 0 bridgehead atoms. The van der Waals surface area contributed by atoms with E-state index < -0.39 is 0 Å². The summed E-state index contributed by atoms with van der Waals surface area (Å²) in [6, 6.07) is 4.07. The molecular formula is C12H21N3O. The first-order valence-corrected chi connectivity index (χ1v) is 5.72. The number of anilines is 1. The second-order valence-corrected chi connectivity index (χ2v) is 3.73. The van der Waals surface area contributed by atoms with Gasteiger partial charge in [0.15, 0.2) is 0 Å². The normalized spacial score (nSPS) is 10.4. The van der Waals surface area contributed by atoms with Gasteiger partial charge in [0, 0.05) is 25.9 Å². The third-order valence-electron chi connectivity index (χ3n) is 2.29. The summed E-state index contributed by atoms with van der Waals surface area (Å²) in [7, 11) is 1.69. The van der Waals surface area contributed by atoms with Gasteiger partial charge < -0.3 is 15.8 Å². The van der Waals surface area contributed by atoms with Gasteiger partial charge in [0.25, 0.3) is 0 Å². The number of hydrogen-bond donors (Lipinski definition) is 2. The number of aryl methyl sites for hydroxylation is 1. The Morgan fingerprint density at radius 1 is 1.44 bits per heavy atom. The van der Waals surface area contributed by atoms with E-state index in [4.69, 9.17) is 10.5 Å². The van der Waals surface area contributed by atoms with Crippen molar-refractivity contribution < 1.29 is 4.74 Å². The summed E-state index contributed by atoms with van der Waals surface area (Å²) in [6.07, 6.45) is 2.09. The van der Waals surface area contributed by atoms with Crippen LogP contribution in [0.15, 0.2) is 12.1 Å². The van der Waals surface area contributed by atoms with E-state index in [-0.39, 0.29) is 0 Å². The smallest absolute Gasteiger partial charge is 0.126 e. The van der Waals surface area contributed by atoms with Crippen molar-refractivity contribution in [3.63, 3.8) is 0 Å². The first-order valence-electron chi connectivity index (χ1n) is 5.72. The van der Waals surface area contributed by atoms with Gasteiger partial charge in [0.1, 0.15) is 5.82 Å². The van der Waals surface area contributed by atoms with E-state index in [0.29, 0.717) is 13.2 Å². The fraction of sp³-hybridized carbons (Fsp3) is 0.583. The van der Waals surface area contributed by atoms with Gasteiger partial charge in [-0.25, -0.2) is 4.98 Å². The van der Waals surface area contributed by atoms with Gasteiger partial charge >= 0.3 is 0 Å². The molecule has 0 fully saturated rings. The van der Waals surface area contributed by atoms with Crippen molar-refractivity contribution in [1.29, 1.82) is 0 Å². The van der Waals surface area contributed by atoms with E-state index in [1.54, 1.807) is 7.11 Å². The molecule has 0 aliphatic rings. The SMILES string of the molecule is CCCc1cc(CN)cc(NCCOC)n1. The minimum Gasteiger partial charge on any atom is -0.383 e. The molecule has 0 saturated carbocycles. The number of hydrogen-bond acceptors (Lipinski definition) is 4. The number of rotatable bonds is 7. The van der Waals surface area contributed by atoms with Crippen LogP contribution < -0.4 is 11.1 Å². The molecule has 16 heavy (non-hydrogen) atoms. The topological polar surface area (TPSA) is 60.2 Å². The molecule has 0 unspecified atom stereocenters. The van der Waals surface area contributed by atoms with E-state index in [0.717, 1.165) is 36.5 Å². The Kier molecular flexibility index (Phi) is 5.82. The summed E-state index contributed by atoms with van der Waals surface area (Å²) >= 11 is 0. The summed E-state index contributed by atoms with van der Waals surface area (Å²) in [5, 5.41) is 3.23. The highest BCUT2D eigenvalue weighted by atomic mass is 16.5. The van der Waals surface area contributed by atoms with Crippen LogP contribution >= 0.6 is 0 Å². The average Bonchev–Trinajstić information content (AvgIpc) is 2.29. The van der Waals surface area contributed by atoms with Gasteiger partial charge in [-0.15, -0.1) is 0 Å². The highest BCUT2D eigenvalue weighted by Gasteiger charge is 2.01. The Balaban J connectivity index is 2.69. The average molecular weight is 223 g/mol. The fourth-order valence-corrected chi connectivity index (χ4v) is 1.52. The number of nitrogens with one attached hydrogen (secondary N) is 1. The lowest BCUT2D eigenvalue weighted by molar-refractivity contribution is 0.210. The minimum atomic E-state index is 0.554. The van der Waals surface area contributed by atoms with Crippen LogP contribution in [0.3, 0.4) is 0 Å². The van der Waals surface area contributed by atoms with Crippen molar-refractivity contribution in [3.8, 4) is 0 Å². The highest BCUT2D eigenvalue weighted by Crippen LogP contribution is 2.11. The summed E-state index contributed by atoms with van der Waals surface area (Å²) in [6.45, 7) is 4.15. The zero-order valence-electron chi connectivity index (χ0n) is 10.1. The van der Waals surface area contributed by atoms with Crippen LogP contribution in [-0.2, 0) is 17.7 Å². The van der Waals surface area contributed by atoms with Crippen LogP contribution in [0.25, 0.3) is 0 Å². The van der Waals surface area contributed by atoms with Crippen LogP contribution in [0, 0.1) is 0 Å². The van der Waals surface area contributed by atoms with Crippen molar-refractivity contribution in [3.05, 3.63) is 23.4 Å². The summed E-state index contributed by atoms with van der Waals surface area (Å²) in [5.74, 6) is 0.892. The van der Waals surface area contributed by atoms with Crippen LogP contribution in [0.2, 0.25) is 0 Å². The zero-order valence-corrected chi connectivity index (χ0v) is 10.1. The molecule has 0 spiro atoms. The molecule has 3 N–H and O–H groups in total. The highest BCUT2D eigenvalue weighted by molar-refractivity contribution is 5.39. The number of methoxy groups -OCH3 is 1. The summed E-state index contributed by atoms with van der Waals surface area (Å²) in [5.41, 5.74) is 7.88. The zero-order chi connectivity index (χ0) is 11.8. The number of nitrogens with zero attached hydrogens (tertiary/aromatic N) is 1. The number of aromatic nitrogens is 1. The molecule has 1 heterocycles. The molecular weight excluding hydrogens is 202 g/mol. The Labute approximate surface area is 97.2 Å². The molecule has 0 aromatic carbocycles. The Bertz CT molecular complexity index is 315. The second-order valence-electron chi connectivity index (χ2n) is 3.73. The molecule has 0 amide bonds. The van der Waals surface area contributed by atoms with Crippen molar-refractivity contribution in [2.45, 2.75) is 26.3 Å². The lowest BCUT2D eigenvalue weighted by Crippen LogP contribution is -2.10. The Hall–Kier alpha value is -1.13. The standard InChI is InChI=1S/C12H21N3O/c1-3-4-11-7-10(9-13)8-12(15-11)14-5-6-16-2/h7-8H,3-6,9,13H2,1-2H3,(H,14,15). The number of pyridine rings is 1. The third-order valence-corrected chi connectivity index (χ3v) is 2.29. The maximum absolute atomic E-state index is 5.66. The molecule has 0 aliphatic heterocycles. The molecule has 1 aromatic rings. The van der Waals surface area contributed by atoms with Crippen molar-refractivity contribution in [2.75, 3.05) is 25.6 Å². The Morgan fingerprint density at radius 2 is 2.25 bits per heavy atom. The summed E-state index contributed by atoms with van der Waals surface area (Å²) < 4.78 is 4.98. The lowest BCUT2D eigenvalue weighted by Gasteiger charge is -2.09. The van der Waals surface area contributed by atoms with Gasteiger partial charge in [-0.3, -0.25) is 0 Å². The maximum Gasteiger partial charge on any atom is 0.126 e. The van der Waals surface area contributed by atoms with E-state index in [9.17, 15) is 0 Å².